The van der Waals surface area contributed by atoms with Crippen LogP contribution in [0.4, 0.5) is 0 Å². The molecule has 0 saturated heterocycles. The summed E-state index contributed by atoms with van der Waals surface area (Å²) in [6.45, 7) is 0.811. The molecule has 0 aliphatic heterocycles. The summed E-state index contributed by atoms with van der Waals surface area (Å²) in [5.41, 5.74) is 5.07. The van der Waals surface area contributed by atoms with Crippen LogP contribution in [0.1, 0.15) is 28.3 Å². The van der Waals surface area contributed by atoms with Gasteiger partial charge >= 0.3 is 5.69 Å². The van der Waals surface area contributed by atoms with Crippen molar-refractivity contribution in [1.82, 2.24) is 14.2 Å². The van der Waals surface area contributed by atoms with Crippen molar-refractivity contribution in [2.75, 3.05) is 12.4 Å². The predicted molar refractivity (Wildman–Crippen MR) is 166 cm³/mol. The molecule has 6 heteroatoms. The topological polar surface area (TPSA) is 48.5 Å². The summed E-state index contributed by atoms with van der Waals surface area (Å²) in [6, 6.07) is 47.2. The van der Waals surface area contributed by atoms with Gasteiger partial charge in [0.1, 0.15) is 0 Å². The number of benzene rings is 4. The molecule has 1 atom stereocenters. The number of rotatable bonds is 11. The molecule has 0 unspecified atom stereocenters. The lowest BCUT2D eigenvalue weighted by Crippen LogP contribution is -2.33. The van der Waals surface area contributed by atoms with E-state index in [0.29, 0.717) is 24.6 Å². The highest BCUT2D eigenvalue weighted by Gasteiger charge is 2.38. The first kappa shape index (κ1) is 26.8. The molecule has 0 aliphatic rings. The second-order valence-corrected chi connectivity index (χ2v) is 11.1. The molecule has 0 N–H and O–H groups in total. The molecule has 6 aromatic rings. The zero-order valence-corrected chi connectivity index (χ0v) is 23.4. The van der Waals surface area contributed by atoms with Crippen LogP contribution in [0.25, 0.3) is 5.65 Å². The van der Waals surface area contributed by atoms with E-state index in [2.05, 4.69) is 72.8 Å². The number of thioether (sulfide) groups is 1. The van der Waals surface area contributed by atoms with Gasteiger partial charge in [0.2, 0.25) is 0 Å². The number of pyridine rings is 1. The molecule has 6 rings (SSSR count). The molecule has 2 aromatic heterocycles. The number of hydrogen-bond acceptors (Lipinski definition) is 4. The lowest BCUT2D eigenvalue weighted by Gasteiger charge is -2.36. The summed E-state index contributed by atoms with van der Waals surface area (Å²) >= 11 is 1.81. The van der Waals surface area contributed by atoms with Gasteiger partial charge in [-0.2, -0.15) is 0 Å². The van der Waals surface area contributed by atoms with Gasteiger partial charge in [0.25, 0.3) is 0 Å². The molecule has 0 bridgehead atoms. The van der Waals surface area contributed by atoms with Gasteiger partial charge in [-0.25, -0.2) is 9.48 Å². The number of ether oxygens (including phenoxy) is 1. The van der Waals surface area contributed by atoms with Gasteiger partial charge in [-0.15, -0.1) is 16.9 Å². The van der Waals surface area contributed by atoms with Crippen LogP contribution in [0, 0.1) is 0 Å². The van der Waals surface area contributed by atoms with E-state index in [1.807, 2.05) is 78.5 Å². The number of hydrogen-bond donors (Lipinski definition) is 0. The lowest BCUT2D eigenvalue weighted by molar-refractivity contribution is 0.0917. The Kier molecular flexibility index (Phi) is 8.12. The summed E-state index contributed by atoms with van der Waals surface area (Å²) in [4.78, 5) is 13.5. The highest BCUT2D eigenvalue weighted by atomic mass is 32.2. The van der Waals surface area contributed by atoms with E-state index < -0.39 is 4.75 Å². The standard InChI is InChI=1S/C35H31N3O2S/c39-34-37-24-14-13-23-33(37)36-38(34)32(26-40-25-28-15-5-1-6-16-28)27-41-35(29-17-7-2-8-18-29,30-19-9-3-10-20-30)31-21-11-4-12-22-31/h1-24,32H,25-27H2/t32-/m0/s1. The van der Waals surface area contributed by atoms with E-state index in [1.165, 1.54) is 16.7 Å². The Hall–Kier alpha value is -4.39. The van der Waals surface area contributed by atoms with Gasteiger partial charge in [0.15, 0.2) is 5.65 Å². The summed E-state index contributed by atoms with van der Waals surface area (Å²) in [5, 5.41) is 4.73. The van der Waals surface area contributed by atoms with Crippen LogP contribution in [-0.4, -0.2) is 26.5 Å². The fraction of sp³-hybridized carbons (Fsp3) is 0.143. The highest BCUT2D eigenvalue weighted by Crippen LogP contribution is 2.49. The van der Waals surface area contributed by atoms with Gasteiger partial charge in [0.05, 0.1) is 24.0 Å². The minimum atomic E-state index is -0.510. The van der Waals surface area contributed by atoms with E-state index in [1.54, 1.807) is 15.3 Å². The quantitative estimate of drug-likeness (QED) is 0.161. The molecule has 0 saturated carbocycles. The van der Waals surface area contributed by atoms with Gasteiger partial charge in [0, 0.05) is 11.9 Å². The van der Waals surface area contributed by atoms with Crippen molar-refractivity contribution in [3.63, 3.8) is 0 Å². The van der Waals surface area contributed by atoms with Gasteiger partial charge in [-0.1, -0.05) is 127 Å². The fourth-order valence-electron chi connectivity index (χ4n) is 5.24. The van der Waals surface area contributed by atoms with Crippen LogP contribution in [0.15, 0.2) is 151 Å². The lowest BCUT2D eigenvalue weighted by atomic mass is 9.84. The molecule has 204 valence electrons. The molecule has 41 heavy (non-hydrogen) atoms. The van der Waals surface area contributed by atoms with Crippen molar-refractivity contribution >= 4 is 17.4 Å². The Bertz CT molecular complexity index is 1640. The number of nitrogens with zero attached hydrogens (tertiary/aromatic N) is 3. The summed E-state index contributed by atoms with van der Waals surface area (Å²) in [5.74, 6) is 0.595. The van der Waals surface area contributed by atoms with E-state index in [4.69, 9.17) is 9.84 Å². The third-order valence-electron chi connectivity index (χ3n) is 7.25. The first-order chi connectivity index (χ1) is 20.3. The fourth-order valence-corrected chi connectivity index (χ4v) is 6.83. The average molecular weight is 558 g/mol. The van der Waals surface area contributed by atoms with Crippen LogP contribution in [0.5, 0.6) is 0 Å². The Balaban J connectivity index is 1.41. The van der Waals surface area contributed by atoms with Crippen molar-refractivity contribution in [3.8, 4) is 0 Å². The Labute approximate surface area is 244 Å². The first-order valence-electron chi connectivity index (χ1n) is 13.7. The summed E-state index contributed by atoms with van der Waals surface area (Å²) in [6.07, 6.45) is 1.76. The summed E-state index contributed by atoms with van der Waals surface area (Å²) < 4.78 is 8.92. The molecule has 0 aliphatic carbocycles. The van der Waals surface area contributed by atoms with Crippen LogP contribution in [0.2, 0.25) is 0 Å². The Morgan fingerprint density at radius 1 is 0.683 bits per heavy atom. The van der Waals surface area contributed by atoms with Crippen molar-refractivity contribution in [1.29, 1.82) is 0 Å². The summed E-state index contributed by atoms with van der Waals surface area (Å²) in [7, 11) is 0. The second kappa shape index (κ2) is 12.4. The maximum absolute atomic E-state index is 13.5. The molecule has 0 amide bonds. The van der Waals surface area contributed by atoms with Crippen LogP contribution < -0.4 is 5.69 Å². The van der Waals surface area contributed by atoms with E-state index in [-0.39, 0.29) is 11.7 Å². The maximum Gasteiger partial charge on any atom is 0.350 e. The van der Waals surface area contributed by atoms with Crippen molar-refractivity contribution < 1.29 is 4.74 Å². The van der Waals surface area contributed by atoms with Gasteiger partial charge < -0.3 is 4.74 Å². The smallest absolute Gasteiger partial charge is 0.350 e. The zero-order chi connectivity index (χ0) is 27.9. The monoisotopic (exact) mass is 557 g/mol. The predicted octanol–water partition coefficient (Wildman–Crippen LogP) is 6.98. The molecule has 0 radical (unpaired) electrons. The van der Waals surface area contributed by atoms with E-state index >= 15 is 0 Å². The minimum absolute atomic E-state index is 0.167. The molecule has 2 heterocycles. The molecular weight excluding hydrogens is 526 g/mol. The Morgan fingerprint density at radius 3 is 1.73 bits per heavy atom. The largest absolute Gasteiger partial charge is 0.375 e. The molecule has 4 aromatic carbocycles. The van der Waals surface area contributed by atoms with E-state index in [0.717, 1.165) is 5.56 Å². The maximum atomic E-state index is 13.5. The highest BCUT2D eigenvalue weighted by molar-refractivity contribution is 8.00. The van der Waals surface area contributed by atoms with Crippen LogP contribution in [0.3, 0.4) is 0 Å². The molecule has 0 fully saturated rings. The third kappa shape index (κ3) is 5.62. The Morgan fingerprint density at radius 2 is 1.20 bits per heavy atom. The van der Waals surface area contributed by atoms with Crippen molar-refractivity contribution in [2.24, 2.45) is 0 Å². The molecule has 5 nitrogen and oxygen atoms in total. The van der Waals surface area contributed by atoms with Gasteiger partial charge in [-0.05, 0) is 34.4 Å². The second-order valence-electron chi connectivity index (χ2n) is 9.90. The van der Waals surface area contributed by atoms with Crippen molar-refractivity contribution in [2.45, 2.75) is 17.4 Å². The zero-order valence-electron chi connectivity index (χ0n) is 22.6. The average Bonchev–Trinajstić information content (AvgIpc) is 3.38. The molecular formula is C35H31N3O2S. The number of aromatic nitrogens is 3. The van der Waals surface area contributed by atoms with Crippen molar-refractivity contribution in [3.05, 3.63) is 178 Å². The third-order valence-corrected chi connectivity index (χ3v) is 8.94. The SMILES string of the molecule is O=c1n([C@@H](COCc2ccccc2)CSC(c2ccccc2)(c2ccccc2)c2ccccc2)nc2ccccn12. The van der Waals surface area contributed by atoms with Crippen LogP contribution in [-0.2, 0) is 16.1 Å². The normalized spacial score (nSPS) is 12.4. The molecule has 0 spiro atoms. The van der Waals surface area contributed by atoms with E-state index in [9.17, 15) is 4.79 Å². The minimum Gasteiger partial charge on any atom is -0.375 e. The van der Waals surface area contributed by atoms with Crippen LogP contribution >= 0.6 is 11.8 Å². The first-order valence-corrected chi connectivity index (χ1v) is 14.7. The number of fused-ring (bicyclic) bond motifs is 1. The van der Waals surface area contributed by atoms with Gasteiger partial charge in [-0.3, -0.25) is 4.40 Å².